The number of fused-ring (bicyclic) bond motifs is 2. The molecule has 3 rings (SSSR count). The van der Waals surface area contributed by atoms with Crippen molar-refractivity contribution in [3.05, 3.63) is 24.3 Å². The minimum Gasteiger partial charge on any atom is -0.495 e. The summed E-state index contributed by atoms with van der Waals surface area (Å²) < 4.78 is 5.35. The predicted octanol–water partition coefficient (Wildman–Crippen LogP) is 2.58. The van der Waals surface area contributed by atoms with Crippen LogP contribution in [0, 0.1) is 5.92 Å². The summed E-state index contributed by atoms with van der Waals surface area (Å²) in [5.74, 6) is 1.46. The van der Waals surface area contributed by atoms with Gasteiger partial charge in [-0.3, -0.25) is 4.79 Å². The van der Waals surface area contributed by atoms with E-state index in [1.54, 1.807) is 12.0 Å². The summed E-state index contributed by atoms with van der Waals surface area (Å²) >= 11 is 0. The van der Waals surface area contributed by atoms with Gasteiger partial charge in [-0.1, -0.05) is 12.1 Å². The van der Waals surface area contributed by atoms with Gasteiger partial charge in [-0.2, -0.15) is 0 Å². The van der Waals surface area contributed by atoms with E-state index in [0.29, 0.717) is 24.4 Å². The molecule has 114 valence electrons. The van der Waals surface area contributed by atoms with Gasteiger partial charge in [0.25, 0.3) is 0 Å². The number of anilines is 1. The molecular formula is C17H24N2O2. The third-order valence-electron chi connectivity index (χ3n) is 4.85. The summed E-state index contributed by atoms with van der Waals surface area (Å²) in [6.07, 6.45) is 5.47. The molecule has 2 heterocycles. The second-order valence-corrected chi connectivity index (χ2v) is 6.30. The van der Waals surface area contributed by atoms with Crippen molar-refractivity contribution in [3.8, 4) is 5.75 Å². The van der Waals surface area contributed by atoms with Gasteiger partial charge in [0.1, 0.15) is 5.75 Å². The first kappa shape index (κ1) is 14.4. The molecule has 1 N–H and O–H groups in total. The number of rotatable bonds is 4. The van der Waals surface area contributed by atoms with Crippen molar-refractivity contribution in [1.82, 2.24) is 5.32 Å². The number of benzene rings is 1. The van der Waals surface area contributed by atoms with E-state index < -0.39 is 0 Å². The lowest BCUT2D eigenvalue weighted by atomic mass is 9.89. The Morgan fingerprint density at radius 1 is 1.29 bits per heavy atom. The smallest absolute Gasteiger partial charge is 0.227 e. The molecule has 0 radical (unpaired) electrons. The van der Waals surface area contributed by atoms with E-state index in [-0.39, 0.29) is 5.91 Å². The standard InChI is InChI=1S/C17H24N2O2/c1-19(15-5-3-4-6-16(15)21-2)17(20)11-12-9-13-7-8-14(10-12)18-13/h3-6,12-14,18H,7-11H2,1-2H3. The van der Waals surface area contributed by atoms with Crippen LogP contribution in [0.3, 0.4) is 0 Å². The highest BCUT2D eigenvalue weighted by atomic mass is 16.5. The number of nitrogens with zero attached hydrogens (tertiary/aromatic N) is 1. The molecule has 2 saturated heterocycles. The van der Waals surface area contributed by atoms with E-state index in [0.717, 1.165) is 24.3 Å². The maximum Gasteiger partial charge on any atom is 0.227 e. The first-order valence-corrected chi connectivity index (χ1v) is 7.83. The van der Waals surface area contributed by atoms with E-state index in [2.05, 4.69) is 5.32 Å². The Bertz CT molecular complexity index is 505. The highest BCUT2D eigenvalue weighted by Crippen LogP contribution is 2.34. The van der Waals surface area contributed by atoms with Crippen molar-refractivity contribution >= 4 is 11.6 Å². The lowest BCUT2D eigenvalue weighted by Crippen LogP contribution is -2.40. The quantitative estimate of drug-likeness (QED) is 0.926. The summed E-state index contributed by atoms with van der Waals surface area (Å²) in [7, 11) is 3.48. The fourth-order valence-electron chi connectivity index (χ4n) is 3.77. The second-order valence-electron chi connectivity index (χ2n) is 6.30. The van der Waals surface area contributed by atoms with Crippen molar-refractivity contribution in [1.29, 1.82) is 0 Å². The van der Waals surface area contributed by atoms with Crippen LogP contribution >= 0.6 is 0 Å². The number of methoxy groups -OCH3 is 1. The fourth-order valence-corrected chi connectivity index (χ4v) is 3.77. The average molecular weight is 288 g/mol. The molecule has 1 amide bonds. The summed E-state index contributed by atoms with van der Waals surface area (Å²) in [5.41, 5.74) is 0.849. The van der Waals surface area contributed by atoms with Gasteiger partial charge < -0.3 is 15.0 Å². The van der Waals surface area contributed by atoms with Crippen LogP contribution < -0.4 is 15.0 Å². The number of nitrogens with one attached hydrogen (secondary N) is 1. The van der Waals surface area contributed by atoms with Gasteiger partial charge in [0, 0.05) is 25.6 Å². The second kappa shape index (κ2) is 6.06. The molecule has 0 saturated carbocycles. The third-order valence-corrected chi connectivity index (χ3v) is 4.85. The number of para-hydroxylation sites is 2. The Balaban J connectivity index is 1.64. The first-order chi connectivity index (χ1) is 10.2. The first-order valence-electron chi connectivity index (χ1n) is 7.83. The molecule has 2 aliphatic heterocycles. The number of carbonyl (C=O) groups is 1. The highest BCUT2D eigenvalue weighted by molar-refractivity contribution is 5.94. The van der Waals surface area contributed by atoms with E-state index >= 15 is 0 Å². The van der Waals surface area contributed by atoms with E-state index in [4.69, 9.17) is 4.74 Å². The Morgan fingerprint density at radius 3 is 2.62 bits per heavy atom. The van der Waals surface area contributed by atoms with Gasteiger partial charge in [-0.05, 0) is 43.7 Å². The molecular weight excluding hydrogens is 264 g/mol. The minimum atomic E-state index is 0.186. The zero-order valence-corrected chi connectivity index (χ0v) is 12.8. The number of hydrogen-bond acceptors (Lipinski definition) is 3. The number of piperidine rings is 1. The molecule has 0 aliphatic carbocycles. The summed E-state index contributed by atoms with van der Waals surface area (Å²) in [5, 5.41) is 3.63. The van der Waals surface area contributed by atoms with Crippen molar-refractivity contribution in [3.63, 3.8) is 0 Å². The Labute approximate surface area is 126 Å². The van der Waals surface area contributed by atoms with Crippen LogP contribution in [-0.2, 0) is 4.79 Å². The predicted molar refractivity (Wildman–Crippen MR) is 83.7 cm³/mol. The van der Waals surface area contributed by atoms with E-state index in [1.807, 2.05) is 31.3 Å². The van der Waals surface area contributed by atoms with Crippen molar-refractivity contribution < 1.29 is 9.53 Å². The molecule has 4 nitrogen and oxygen atoms in total. The largest absolute Gasteiger partial charge is 0.495 e. The summed E-state index contributed by atoms with van der Waals surface area (Å²) in [6.45, 7) is 0. The molecule has 2 fully saturated rings. The number of amides is 1. The maximum absolute atomic E-state index is 12.6. The molecule has 2 aliphatic rings. The van der Waals surface area contributed by atoms with Crippen LogP contribution in [0.1, 0.15) is 32.1 Å². The average Bonchev–Trinajstić information content (AvgIpc) is 2.85. The van der Waals surface area contributed by atoms with E-state index in [1.165, 1.54) is 12.8 Å². The minimum absolute atomic E-state index is 0.186. The summed E-state index contributed by atoms with van der Waals surface area (Å²) in [6, 6.07) is 8.96. The van der Waals surface area contributed by atoms with Gasteiger partial charge in [-0.25, -0.2) is 0 Å². The Morgan fingerprint density at radius 2 is 1.95 bits per heavy atom. The van der Waals surface area contributed by atoms with Crippen LogP contribution in [0.5, 0.6) is 5.75 Å². The maximum atomic E-state index is 12.6. The van der Waals surface area contributed by atoms with Crippen LogP contribution in [0.15, 0.2) is 24.3 Å². The third kappa shape index (κ3) is 3.05. The Hall–Kier alpha value is -1.55. The van der Waals surface area contributed by atoms with Gasteiger partial charge in [0.2, 0.25) is 5.91 Å². The zero-order valence-electron chi connectivity index (χ0n) is 12.8. The van der Waals surface area contributed by atoms with Crippen LogP contribution in [0.25, 0.3) is 0 Å². The molecule has 2 atom stereocenters. The van der Waals surface area contributed by atoms with Gasteiger partial charge in [-0.15, -0.1) is 0 Å². The van der Waals surface area contributed by atoms with E-state index in [9.17, 15) is 4.79 Å². The topological polar surface area (TPSA) is 41.6 Å². The lowest BCUT2D eigenvalue weighted by molar-refractivity contribution is -0.119. The Kier molecular flexibility index (Phi) is 4.15. The van der Waals surface area contributed by atoms with Crippen LogP contribution in [0.4, 0.5) is 5.69 Å². The van der Waals surface area contributed by atoms with Crippen molar-refractivity contribution in [2.45, 2.75) is 44.2 Å². The molecule has 4 heteroatoms. The fraction of sp³-hybridized carbons (Fsp3) is 0.588. The van der Waals surface area contributed by atoms with Crippen LogP contribution in [0.2, 0.25) is 0 Å². The van der Waals surface area contributed by atoms with Crippen LogP contribution in [-0.4, -0.2) is 32.1 Å². The number of hydrogen-bond donors (Lipinski definition) is 1. The SMILES string of the molecule is COc1ccccc1N(C)C(=O)CC1CC2CCC(C1)N2. The van der Waals surface area contributed by atoms with Gasteiger partial charge in [0.05, 0.1) is 12.8 Å². The zero-order chi connectivity index (χ0) is 14.8. The molecule has 1 aromatic rings. The van der Waals surface area contributed by atoms with Gasteiger partial charge in [0.15, 0.2) is 0 Å². The summed E-state index contributed by atoms with van der Waals surface area (Å²) in [4.78, 5) is 14.3. The lowest BCUT2D eigenvalue weighted by Gasteiger charge is -2.30. The van der Waals surface area contributed by atoms with Gasteiger partial charge >= 0.3 is 0 Å². The molecule has 0 aromatic heterocycles. The highest BCUT2D eigenvalue weighted by Gasteiger charge is 2.34. The molecule has 2 unspecified atom stereocenters. The molecule has 2 bridgehead atoms. The van der Waals surface area contributed by atoms with Crippen molar-refractivity contribution in [2.24, 2.45) is 5.92 Å². The molecule has 1 aromatic carbocycles. The van der Waals surface area contributed by atoms with Crippen molar-refractivity contribution in [2.75, 3.05) is 19.1 Å². The number of carbonyl (C=O) groups excluding carboxylic acids is 1. The molecule has 21 heavy (non-hydrogen) atoms. The number of ether oxygens (including phenoxy) is 1. The normalized spacial score (nSPS) is 27.4. The monoisotopic (exact) mass is 288 g/mol. The molecule has 0 spiro atoms.